The van der Waals surface area contributed by atoms with Crippen LogP contribution in [0.2, 0.25) is 0 Å². The van der Waals surface area contributed by atoms with Crippen molar-refractivity contribution in [1.82, 2.24) is 15.1 Å². The molecule has 2 heterocycles. The summed E-state index contributed by atoms with van der Waals surface area (Å²) >= 11 is 2.81. The quantitative estimate of drug-likeness (QED) is 0.583. The number of benzene rings is 1. The van der Waals surface area contributed by atoms with Gasteiger partial charge < -0.3 is 9.32 Å². The van der Waals surface area contributed by atoms with Crippen molar-refractivity contribution in [2.45, 2.75) is 25.1 Å². The minimum Gasteiger partial charge on any atom is -0.410 e. The summed E-state index contributed by atoms with van der Waals surface area (Å²) < 4.78 is 5.58. The first kappa shape index (κ1) is 17.7. The van der Waals surface area contributed by atoms with E-state index in [1.165, 1.54) is 17.3 Å². The predicted octanol–water partition coefficient (Wildman–Crippen LogP) is 4.11. The average molecular weight is 374 g/mol. The lowest BCUT2D eigenvalue weighted by Crippen LogP contribution is -2.27. The van der Waals surface area contributed by atoms with E-state index in [0.29, 0.717) is 17.7 Å². The van der Waals surface area contributed by atoms with Crippen LogP contribution in [-0.4, -0.2) is 33.8 Å². The van der Waals surface area contributed by atoms with Crippen molar-refractivity contribution in [1.29, 1.82) is 0 Å². The maximum absolute atomic E-state index is 12.3. The van der Waals surface area contributed by atoms with Crippen LogP contribution in [0.1, 0.15) is 18.1 Å². The molecule has 5 nitrogen and oxygen atoms in total. The molecule has 3 rings (SSSR count). The Morgan fingerprint density at radius 1 is 1.20 bits per heavy atom. The van der Waals surface area contributed by atoms with Gasteiger partial charge in [0.25, 0.3) is 11.1 Å². The molecule has 3 aromatic rings. The maximum atomic E-state index is 12.3. The first-order chi connectivity index (χ1) is 12.2. The lowest BCUT2D eigenvalue weighted by atomic mass is 10.1. The summed E-state index contributed by atoms with van der Waals surface area (Å²) in [6, 6.07) is 12.2. The highest BCUT2D eigenvalue weighted by atomic mass is 32.2. The van der Waals surface area contributed by atoms with Crippen LogP contribution in [-0.2, 0) is 17.8 Å². The van der Waals surface area contributed by atoms with Crippen LogP contribution >= 0.6 is 23.1 Å². The van der Waals surface area contributed by atoms with Gasteiger partial charge in [0.1, 0.15) is 0 Å². The standard InChI is InChI=1S/C18H19N3O2S2/c1-3-13-6-8-14(9-7-13)11-21(2)16(22)12-25-18-20-19-17(23-18)15-5-4-10-24-15/h4-10H,3,11-12H2,1-2H3. The summed E-state index contributed by atoms with van der Waals surface area (Å²) in [6.07, 6.45) is 1.02. The fourth-order valence-electron chi connectivity index (χ4n) is 2.24. The first-order valence-electron chi connectivity index (χ1n) is 7.97. The van der Waals surface area contributed by atoms with E-state index in [1.54, 1.807) is 16.2 Å². The van der Waals surface area contributed by atoms with E-state index in [4.69, 9.17) is 4.42 Å². The van der Waals surface area contributed by atoms with Gasteiger partial charge in [0.05, 0.1) is 10.6 Å². The van der Waals surface area contributed by atoms with Gasteiger partial charge in [-0.2, -0.15) is 0 Å². The van der Waals surface area contributed by atoms with Crippen LogP contribution in [0.15, 0.2) is 51.4 Å². The van der Waals surface area contributed by atoms with Crippen LogP contribution in [0, 0.1) is 0 Å². The van der Waals surface area contributed by atoms with E-state index < -0.39 is 0 Å². The van der Waals surface area contributed by atoms with Gasteiger partial charge in [-0.25, -0.2) is 0 Å². The Balaban J connectivity index is 1.51. The molecule has 0 aliphatic carbocycles. The van der Waals surface area contributed by atoms with Crippen LogP contribution in [0.25, 0.3) is 10.8 Å². The van der Waals surface area contributed by atoms with Crippen LogP contribution in [0.3, 0.4) is 0 Å². The Kier molecular flexibility index (Phi) is 5.88. The second kappa shape index (κ2) is 8.31. The summed E-state index contributed by atoms with van der Waals surface area (Å²) in [5, 5.41) is 10.4. The molecule has 7 heteroatoms. The van der Waals surface area contributed by atoms with Gasteiger partial charge in [-0.3, -0.25) is 4.79 Å². The number of thioether (sulfide) groups is 1. The van der Waals surface area contributed by atoms with Crippen molar-refractivity contribution in [3.8, 4) is 10.8 Å². The molecule has 0 bridgehead atoms. The Morgan fingerprint density at radius 2 is 1.96 bits per heavy atom. The monoisotopic (exact) mass is 373 g/mol. The molecule has 0 aliphatic heterocycles. The second-order valence-corrected chi connectivity index (χ2v) is 7.43. The summed E-state index contributed by atoms with van der Waals surface area (Å²) in [5.74, 6) is 0.796. The molecule has 0 unspecified atom stereocenters. The second-order valence-electron chi connectivity index (χ2n) is 5.56. The molecule has 1 amide bonds. The van der Waals surface area contributed by atoms with Crippen molar-refractivity contribution in [3.63, 3.8) is 0 Å². The molecule has 0 aliphatic rings. The molecule has 0 radical (unpaired) electrons. The van der Waals surface area contributed by atoms with E-state index in [9.17, 15) is 4.79 Å². The number of nitrogens with zero attached hydrogens (tertiary/aromatic N) is 3. The van der Waals surface area contributed by atoms with Gasteiger partial charge >= 0.3 is 0 Å². The third-order valence-electron chi connectivity index (χ3n) is 3.73. The van der Waals surface area contributed by atoms with E-state index in [1.807, 2.05) is 24.6 Å². The van der Waals surface area contributed by atoms with Crippen molar-refractivity contribution < 1.29 is 9.21 Å². The normalized spacial score (nSPS) is 10.8. The number of rotatable bonds is 7. The van der Waals surface area contributed by atoms with E-state index in [0.717, 1.165) is 16.9 Å². The number of aromatic nitrogens is 2. The number of carbonyl (C=O) groups is 1. The Morgan fingerprint density at radius 3 is 2.64 bits per heavy atom. The number of carbonyl (C=O) groups excluding carboxylic acids is 1. The highest BCUT2D eigenvalue weighted by Gasteiger charge is 2.14. The van der Waals surface area contributed by atoms with Crippen molar-refractivity contribution >= 4 is 29.0 Å². The van der Waals surface area contributed by atoms with Gasteiger partial charge in [0.2, 0.25) is 5.91 Å². The number of hydrogen-bond donors (Lipinski definition) is 0. The number of amides is 1. The zero-order chi connectivity index (χ0) is 17.6. The number of thiophene rings is 1. The molecule has 130 valence electrons. The van der Waals surface area contributed by atoms with Gasteiger partial charge in [-0.1, -0.05) is 49.0 Å². The Labute approximate surface area is 155 Å². The topological polar surface area (TPSA) is 59.2 Å². The minimum atomic E-state index is 0.0282. The van der Waals surface area contributed by atoms with Crippen molar-refractivity contribution in [3.05, 3.63) is 52.9 Å². The third-order valence-corrected chi connectivity index (χ3v) is 5.40. The molecule has 0 saturated heterocycles. The molecule has 2 aromatic heterocycles. The summed E-state index contributed by atoms with van der Waals surface area (Å²) in [6.45, 7) is 2.72. The van der Waals surface area contributed by atoms with Gasteiger partial charge in [-0.05, 0) is 29.0 Å². The van der Waals surface area contributed by atoms with E-state index >= 15 is 0 Å². The summed E-state index contributed by atoms with van der Waals surface area (Å²) in [7, 11) is 1.81. The van der Waals surface area contributed by atoms with Crippen molar-refractivity contribution in [2.24, 2.45) is 0 Å². The molecule has 0 N–H and O–H groups in total. The molecular weight excluding hydrogens is 354 g/mol. The third kappa shape index (κ3) is 4.70. The van der Waals surface area contributed by atoms with Crippen LogP contribution in [0.5, 0.6) is 0 Å². The minimum absolute atomic E-state index is 0.0282. The molecule has 0 atom stereocenters. The molecule has 1 aromatic carbocycles. The lowest BCUT2D eigenvalue weighted by Gasteiger charge is -2.16. The SMILES string of the molecule is CCc1ccc(CN(C)C(=O)CSc2nnc(-c3cccs3)o2)cc1. The largest absolute Gasteiger partial charge is 0.410 e. The Hall–Kier alpha value is -2.12. The van der Waals surface area contributed by atoms with E-state index in [-0.39, 0.29) is 11.7 Å². The molecular formula is C18H19N3O2S2. The fourth-order valence-corrected chi connectivity index (χ4v) is 3.59. The smallest absolute Gasteiger partial charge is 0.277 e. The molecule has 25 heavy (non-hydrogen) atoms. The lowest BCUT2D eigenvalue weighted by molar-refractivity contribution is -0.127. The first-order valence-corrected chi connectivity index (χ1v) is 9.84. The van der Waals surface area contributed by atoms with Crippen LogP contribution < -0.4 is 0 Å². The molecule has 0 fully saturated rings. The summed E-state index contributed by atoms with van der Waals surface area (Å²) in [4.78, 5) is 14.9. The molecule has 0 spiro atoms. The molecule has 0 saturated carbocycles. The van der Waals surface area contributed by atoms with Gasteiger partial charge in [-0.15, -0.1) is 21.5 Å². The van der Waals surface area contributed by atoms with Crippen molar-refractivity contribution in [2.75, 3.05) is 12.8 Å². The average Bonchev–Trinajstić information content (AvgIpc) is 3.31. The fraction of sp³-hybridized carbons (Fsp3) is 0.278. The Bertz CT molecular complexity index is 813. The van der Waals surface area contributed by atoms with Gasteiger partial charge in [0, 0.05) is 13.6 Å². The predicted molar refractivity (Wildman–Crippen MR) is 101 cm³/mol. The summed E-state index contributed by atoms with van der Waals surface area (Å²) in [5.41, 5.74) is 2.42. The highest BCUT2D eigenvalue weighted by Crippen LogP contribution is 2.26. The zero-order valence-corrected chi connectivity index (χ0v) is 15.8. The number of aryl methyl sites for hydroxylation is 1. The number of hydrogen-bond acceptors (Lipinski definition) is 6. The van der Waals surface area contributed by atoms with Crippen LogP contribution in [0.4, 0.5) is 0 Å². The zero-order valence-electron chi connectivity index (χ0n) is 14.1. The van der Waals surface area contributed by atoms with Gasteiger partial charge in [0.15, 0.2) is 0 Å². The highest BCUT2D eigenvalue weighted by molar-refractivity contribution is 7.99. The van der Waals surface area contributed by atoms with E-state index in [2.05, 4.69) is 41.4 Å². The maximum Gasteiger partial charge on any atom is 0.277 e.